The number of fused-ring (bicyclic) bond motifs is 3. The topological polar surface area (TPSA) is 81.4 Å². The van der Waals surface area contributed by atoms with E-state index in [0.29, 0.717) is 17.8 Å². The number of aromatic nitrogens is 3. The summed E-state index contributed by atoms with van der Waals surface area (Å²) in [5.74, 6) is 0.428. The van der Waals surface area contributed by atoms with Crippen molar-refractivity contribution >= 4 is 5.91 Å². The lowest BCUT2D eigenvalue weighted by Crippen LogP contribution is -2.59. The number of ether oxygens (including phenoxy) is 1. The molecule has 3 aliphatic rings. The summed E-state index contributed by atoms with van der Waals surface area (Å²) in [5, 5.41) is 0. The molecule has 3 atom stereocenters. The SMILES string of the molecule is Cc1ccc(C(=O)N2CC3CCC2C(Oc2ccc(C(F)(F)F)cn2)C3)c(-c2ncco2)n1. The molecule has 3 fully saturated rings. The third-order valence-electron chi connectivity index (χ3n) is 6.22. The summed E-state index contributed by atoms with van der Waals surface area (Å²) in [4.78, 5) is 27.8. The smallest absolute Gasteiger partial charge is 0.417 e. The van der Waals surface area contributed by atoms with Crippen molar-refractivity contribution in [2.75, 3.05) is 6.54 Å². The van der Waals surface area contributed by atoms with Crippen molar-refractivity contribution in [2.24, 2.45) is 5.92 Å². The number of rotatable bonds is 4. The fraction of sp³-hybridized carbons (Fsp3) is 0.391. The lowest BCUT2D eigenvalue weighted by Gasteiger charge is -2.49. The van der Waals surface area contributed by atoms with E-state index in [1.165, 1.54) is 18.5 Å². The number of hydrogen-bond donors (Lipinski definition) is 0. The molecule has 2 saturated heterocycles. The van der Waals surface area contributed by atoms with Gasteiger partial charge in [-0.3, -0.25) is 4.79 Å². The van der Waals surface area contributed by atoms with Crippen LogP contribution in [0.4, 0.5) is 13.2 Å². The Hall–Kier alpha value is -3.43. The van der Waals surface area contributed by atoms with Crippen LogP contribution >= 0.6 is 0 Å². The summed E-state index contributed by atoms with van der Waals surface area (Å²) in [5.41, 5.74) is 0.674. The number of carbonyl (C=O) groups excluding carboxylic acids is 1. The molecule has 10 heteroatoms. The van der Waals surface area contributed by atoms with Gasteiger partial charge in [-0.25, -0.2) is 15.0 Å². The molecule has 7 nitrogen and oxygen atoms in total. The number of pyridine rings is 2. The molecule has 5 heterocycles. The van der Waals surface area contributed by atoms with Gasteiger partial charge in [-0.15, -0.1) is 0 Å². The van der Waals surface area contributed by atoms with E-state index in [9.17, 15) is 18.0 Å². The van der Waals surface area contributed by atoms with E-state index < -0.39 is 11.7 Å². The van der Waals surface area contributed by atoms with Crippen LogP contribution in [0.1, 0.15) is 40.9 Å². The molecule has 3 aromatic heterocycles. The van der Waals surface area contributed by atoms with Gasteiger partial charge in [-0.2, -0.15) is 13.2 Å². The number of nitrogens with zero attached hydrogens (tertiary/aromatic N) is 4. The van der Waals surface area contributed by atoms with Crippen LogP contribution in [0, 0.1) is 12.8 Å². The van der Waals surface area contributed by atoms with Crippen molar-refractivity contribution in [3.63, 3.8) is 0 Å². The Morgan fingerprint density at radius 3 is 2.70 bits per heavy atom. The first kappa shape index (κ1) is 21.4. The standard InChI is InChI=1S/C23H21F3N4O3/c1-13-2-5-16(20(29-13)21-27-8-9-32-21)22(31)30-12-14-3-6-17(30)18(10-14)33-19-7-4-15(11-28-19)23(24,25)26/h2,4-5,7-9,11,14,17-18H,3,6,10,12H2,1H3. The highest BCUT2D eigenvalue weighted by Crippen LogP contribution is 2.39. The molecule has 0 N–H and O–H groups in total. The molecule has 2 aliphatic heterocycles. The van der Waals surface area contributed by atoms with Gasteiger partial charge in [0.25, 0.3) is 5.91 Å². The number of aryl methyl sites for hydroxylation is 1. The van der Waals surface area contributed by atoms with E-state index in [1.807, 2.05) is 6.92 Å². The maximum absolute atomic E-state index is 13.6. The van der Waals surface area contributed by atoms with Crippen LogP contribution in [0.3, 0.4) is 0 Å². The zero-order valence-corrected chi connectivity index (χ0v) is 17.7. The average molecular weight is 458 g/mol. The van der Waals surface area contributed by atoms with E-state index >= 15 is 0 Å². The van der Waals surface area contributed by atoms with Gasteiger partial charge in [0.2, 0.25) is 11.8 Å². The first-order valence-corrected chi connectivity index (χ1v) is 10.7. The second kappa shape index (κ2) is 8.17. The second-order valence-electron chi connectivity index (χ2n) is 8.43. The fourth-order valence-corrected chi connectivity index (χ4v) is 4.65. The van der Waals surface area contributed by atoms with Crippen molar-refractivity contribution in [1.82, 2.24) is 19.9 Å². The van der Waals surface area contributed by atoms with Crippen LogP contribution in [-0.2, 0) is 6.18 Å². The van der Waals surface area contributed by atoms with Crippen molar-refractivity contribution in [2.45, 2.75) is 44.5 Å². The number of halogens is 3. The summed E-state index contributed by atoms with van der Waals surface area (Å²) in [7, 11) is 0. The number of carbonyl (C=O) groups is 1. The quantitative estimate of drug-likeness (QED) is 0.572. The monoisotopic (exact) mass is 458 g/mol. The van der Waals surface area contributed by atoms with Gasteiger partial charge in [-0.05, 0) is 50.3 Å². The maximum Gasteiger partial charge on any atom is 0.417 e. The molecule has 6 rings (SSSR count). The molecule has 0 aromatic carbocycles. The van der Waals surface area contributed by atoms with E-state index in [1.54, 1.807) is 17.0 Å². The van der Waals surface area contributed by atoms with E-state index in [-0.39, 0.29) is 35.7 Å². The number of hydrogen-bond acceptors (Lipinski definition) is 6. The summed E-state index contributed by atoms with van der Waals surface area (Å²) < 4.78 is 49.8. The van der Waals surface area contributed by atoms with Crippen LogP contribution in [0.25, 0.3) is 11.6 Å². The highest BCUT2D eigenvalue weighted by atomic mass is 19.4. The van der Waals surface area contributed by atoms with Crippen LogP contribution < -0.4 is 4.74 Å². The Balaban J connectivity index is 1.39. The predicted octanol–water partition coefficient (Wildman–Crippen LogP) is 4.53. The molecular weight excluding hydrogens is 437 g/mol. The van der Waals surface area contributed by atoms with Crippen molar-refractivity contribution in [3.8, 4) is 17.5 Å². The highest BCUT2D eigenvalue weighted by Gasteiger charge is 2.45. The highest BCUT2D eigenvalue weighted by molar-refractivity contribution is 5.99. The number of oxazole rings is 1. The number of alkyl halides is 3. The normalized spacial score (nSPS) is 22.4. The van der Waals surface area contributed by atoms with E-state index in [4.69, 9.17) is 9.15 Å². The van der Waals surface area contributed by atoms with Gasteiger partial charge in [0, 0.05) is 24.5 Å². The molecular formula is C23H21F3N4O3. The lowest BCUT2D eigenvalue weighted by molar-refractivity contribution is -0.137. The van der Waals surface area contributed by atoms with Gasteiger partial charge < -0.3 is 14.1 Å². The molecule has 3 aromatic rings. The number of piperidine rings is 2. The largest absolute Gasteiger partial charge is 0.472 e. The zero-order chi connectivity index (χ0) is 23.2. The Morgan fingerprint density at radius 2 is 2.03 bits per heavy atom. The number of amides is 1. The van der Waals surface area contributed by atoms with E-state index in [0.717, 1.165) is 37.2 Å². The third kappa shape index (κ3) is 4.17. The first-order chi connectivity index (χ1) is 15.8. The van der Waals surface area contributed by atoms with Gasteiger partial charge in [0.1, 0.15) is 18.1 Å². The summed E-state index contributed by atoms with van der Waals surface area (Å²) in [6.07, 6.45) is 1.31. The van der Waals surface area contributed by atoms with Crippen molar-refractivity contribution in [1.29, 1.82) is 0 Å². The van der Waals surface area contributed by atoms with Crippen LogP contribution in [-0.4, -0.2) is 44.4 Å². The summed E-state index contributed by atoms with van der Waals surface area (Å²) >= 11 is 0. The molecule has 1 saturated carbocycles. The van der Waals surface area contributed by atoms with Crippen molar-refractivity contribution in [3.05, 3.63) is 59.7 Å². The summed E-state index contributed by atoms with van der Waals surface area (Å²) in [6, 6.07) is 5.45. The molecule has 172 valence electrons. The fourth-order valence-electron chi connectivity index (χ4n) is 4.65. The molecule has 1 amide bonds. The van der Waals surface area contributed by atoms with Gasteiger partial charge in [0.05, 0.1) is 23.4 Å². The van der Waals surface area contributed by atoms with Gasteiger partial charge >= 0.3 is 6.18 Å². The van der Waals surface area contributed by atoms with Crippen LogP contribution in [0.15, 0.2) is 47.3 Å². The Labute approximate surface area is 187 Å². The molecule has 2 bridgehead atoms. The van der Waals surface area contributed by atoms with Crippen molar-refractivity contribution < 1.29 is 27.1 Å². The first-order valence-electron chi connectivity index (χ1n) is 10.7. The molecule has 0 radical (unpaired) electrons. The van der Waals surface area contributed by atoms with Gasteiger partial charge in [0.15, 0.2) is 0 Å². The minimum atomic E-state index is -4.46. The molecule has 1 aliphatic carbocycles. The summed E-state index contributed by atoms with van der Waals surface area (Å²) in [6.45, 7) is 2.41. The minimum Gasteiger partial charge on any atom is -0.472 e. The van der Waals surface area contributed by atoms with Crippen LogP contribution in [0.2, 0.25) is 0 Å². The molecule has 0 spiro atoms. The molecule has 3 unspecified atom stereocenters. The second-order valence-corrected chi connectivity index (χ2v) is 8.43. The van der Waals surface area contributed by atoms with Gasteiger partial charge in [-0.1, -0.05) is 0 Å². The van der Waals surface area contributed by atoms with Crippen LogP contribution in [0.5, 0.6) is 5.88 Å². The predicted molar refractivity (Wildman–Crippen MR) is 110 cm³/mol. The average Bonchev–Trinajstić information content (AvgIpc) is 3.33. The zero-order valence-electron chi connectivity index (χ0n) is 17.7. The maximum atomic E-state index is 13.6. The lowest BCUT2D eigenvalue weighted by atomic mass is 9.77. The Bertz CT molecular complexity index is 1150. The third-order valence-corrected chi connectivity index (χ3v) is 6.22. The van der Waals surface area contributed by atoms with E-state index in [2.05, 4.69) is 15.0 Å². The Kier molecular flexibility index (Phi) is 5.30. The molecule has 33 heavy (non-hydrogen) atoms. The Morgan fingerprint density at radius 1 is 1.18 bits per heavy atom. The minimum absolute atomic E-state index is 0.116.